The first-order valence-corrected chi connectivity index (χ1v) is 12.5. The number of rotatable bonds is 9. The number of halogens is 4. The highest BCUT2D eigenvalue weighted by Crippen LogP contribution is 2.24. The van der Waals surface area contributed by atoms with E-state index in [9.17, 15) is 27.9 Å². The van der Waals surface area contributed by atoms with E-state index >= 15 is 0 Å². The SMILES string of the molecule is Cc1[nH]ncc1C(=O)Cc1ncccc1-n1cnc(Cn2nc(-c3ccc(Cl)cc3)n(C[C@H](O)C(F)(F)F)c2=O)n1. The molecule has 0 unspecified atom stereocenters. The van der Waals surface area contributed by atoms with Crippen LogP contribution in [-0.4, -0.2) is 67.5 Å². The average molecular weight is 588 g/mol. The van der Waals surface area contributed by atoms with Crippen LogP contribution in [0.3, 0.4) is 0 Å². The third-order valence-corrected chi connectivity index (χ3v) is 6.41. The summed E-state index contributed by atoms with van der Waals surface area (Å²) in [4.78, 5) is 34.4. The minimum atomic E-state index is -4.95. The van der Waals surface area contributed by atoms with Gasteiger partial charge in [-0.15, -0.1) is 10.2 Å². The maximum Gasteiger partial charge on any atom is 0.416 e. The molecule has 0 spiro atoms. The van der Waals surface area contributed by atoms with Crippen molar-refractivity contribution in [1.82, 2.24) is 44.3 Å². The molecule has 0 radical (unpaired) electrons. The molecule has 0 saturated carbocycles. The molecule has 1 aromatic carbocycles. The second-order valence-electron chi connectivity index (χ2n) is 9.02. The Bertz CT molecular complexity index is 1760. The molecular formula is C25H21ClF3N9O3. The van der Waals surface area contributed by atoms with Gasteiger partial charge in [-0.25, -0.2) is 19.1 Å². The van der Waals surface area contributed by atoms with Crippen molar-refractivity contribution in [3.05, 3.63) is 93.4 Å². The highest BCUT2D eigenvalue weighted by atomic mass is 35.5. The van der Waals surface area contributed by atoms with Crippen LogP contribution in [0.4, 0.5) is 13.2 Å². The van der Waals surface area contributed by atoms with Gasteiger partial charge in [-0.1, -0.05) is 11.6 Å². The number of aliphatic hydroxyl groups excluding tert-OH is 1. The number of pyridine rings is 1. The van der Waals surface area contributed by atoms with Crippen LogP contribution in [0.5, 0.6) is 0 Å². The van der Waals surface area contributed by atoms with Crippen LogP contribution >= 0.6 is 11.6 Å². The first-order valence-electron chi connectivity index (χ1n) is 12.1. The molecule has 0 saturated heterocycles. The maximum absolute atomic E-state index is 13.1. The zero-order valence-electron chi connectivity index (χ0n) is 21.2. The van der Waals surface area contributed by atoms with Gasteiger partial charge in [-0.05, 0) is 43.3 Å². The normalized spacial score (nSPS) is 12.5. The number of hydrogen-bond donors (Lipinski definition) is 2. The molecule has 1 atom stereocenters. The fourth-order valence-electron chi connectivity index (χ4n) is 4.07. The molecule has 5 rings (SSSR count). The summed E-state index contributed by atoms with van der Waals surface area (Å²) in [5.74, 6) is -0.191. The third-order valence-electron chi connectivity index (χ3n) is 6.16. The molecule has 16 heteroatoms. The van der Waals surface area contributed by atoms with Crippen LogP contribution in [0, 0.1) is 6.92 Å². The Kier molecular flexibility index (Phi) is 7.55. The van der Waals surface area contributed by atoms with E-state index in [1.54, 1.807) is 19.1 Å². The van der Waals surface area contributed by atoms with Crippen LogP contribution in [0.25, 0.3) is 17.1 Å². The number of alkyl halides is 3. The molecule has 2 N–H and O–H groups in total. The van der Waals surface area contributed by atoms with Gasteiger partial charge < -0.3 is 5.11 Å². The zero-order valence-corrected chi connectivity index (χ0v) is 22.0. The fraction of sp³-hybridized carbons (Fsp3) is 0.240. The Balaban J connectivity index is 1.44. The number of benzene rings is 1. The van der Waals surface area contributed by atoms with Gasteiger partial charge in [-0.2, -0.15) is 18.3 Å². The van der Waals surface area contributed by atoms with E-state index in [-0.39, 0.29) is 30.4 Å². The number of aliphatic hydroxyl groups is 1. The molecule has 0 aliphatic rings. The van der Waals surface area contributed by atoms with Crippen LogP contribution in [0.2, 0.25) is 5.02 Å². The van der Waals surface area contributed by atoms with E-state index < -0.39 is 24.5 Å². The predicted molar refractivity (Wildman–Crippen MR) is 139 cm³/mol. The number of aromatic amines is 1. The van der Waals surface area contributed by atoms with Gasteiger partial charge in [0.25, 0.3) is 0 Å². The molecule has 0 aliphatic carbocycles. The van der Waals surface area contributed by atoms with E-state index in [1.165, 1.54) is 47.7 Å². The molecule has 5 aromatic rings. The standard InChI is InChI=1S/C25H21ClF3N9O3/c1-14-17(10-32-33-14)20(39)9-18-19(3-2-8-30-18)38-13-31-22(34-38)12-37-24(41)36(11-21(40)25(27,28)29)23(35-37)15-4-6-16(26)7-5-15/h2-8,10,13,21,40H,9,11-12H2,1H3,(H,32,33)/t21-/m0/s1. The van der Waals surface area contributed by atoms with Gasteiger partial charge in [-0.3, -0.25) is 19.4 Å². The molecule has 0 amide bonds. The van der Waals surface area contributed by atoms with Crippen molar-refractivity contribution < 1.29 is 23.1 Å². The summed E-state index contributed by atoms with van der Waals surface area (Å²) in [5.41, 5.74) is 1.36. The molecule has 4 aromatic heterocycles. The lowest BCUT2D eigenvalue weighted by Gasteiger charge is -2.15. The molecule has 4 heterocycles. The van der Waals surface area contributed by atoms with Crippen molar-refractivity contribution in [2.24, 2.45) is 0 Å². The number of carbonyl (C=O) groups excluding carboxylic acids is 1. The summed E-state index contributed by atoms with van der Waals surface area (Å²) in [6, 6.07) is 9.33. The van der Waals surface area contributed by atoms with Gasteiger partial charge >= 0.3 is 11.9 Å². The zero-order chi connectivity index (χ0) is 29.3. The summed E-state index contributed by atoms with van der Waals surface area (Å²) in [7, 11) is 0. The number of H-pyrrole nitrogens is 1. The summed E-state index contributed by atoms with van der Waals surface area (Å²) in [5, 5.41) is 25.2. The second kappa shape index (κ2) is 11.1. The molecule has 0 bridgehead atoms. The fourth-order valence-corrected chi connectivity index (χ4v) is 4.20. The molecule has 12 nitrogen and oxygen atoms in total. The monoisotopic (exact) mass is 587 g/mol. The van der Waals surface area contributed by atoms with Gasteiger partial charge in [0.15, 0.2) is 23.5 Å². The van der Waals surface area contributed by atoms with Crippen LogP contribution in [-0.2, 0) is 19.5 Å². The number of aryl methyl sites for hydroxylation is 1. The lowest BCUT2D eigenvalue weighted by molar-refractivity contribution is -0.207. The lowest BCUT2D eigenvalue weighted by Crippen LogP contribution is -2.37. The highest BCUT2D eigenvalue weighted by Gasteiger charge is 2.39. The summed E-state index contributed by atoms with van der Waals surface area (Å²) < 4.78 is 42.4. The van der Waals surface area contributed by atoms with Gasteiger partial charge in [0.2, 0.25) is 0 Å². The van der Waals surface area contributed by atoms with Crippen molar-refractivity contribution in [2.45, 2.75) is 38.7 Å². The number of nitrogens with zero attached hydrogens (tertiary/aromatic N) is 8. The van der Waals surface area contributed by atoms with Gasteiger partial charge in [0.05, 0.1) is 36.1 Å². The van der Waals surface area contributed by atoms with Crippen molar-refractivity contribution in [3.63, 3.8) is 0 Å². The molecule has 0 fully saturated rings. The number of carbonyl (C=O) groups is 1. The first kappa shape index (κ1) is 27.9. The molecular weight excluding hydrogens is 567 g/mol. The van der Waals surface area contributed by atoms with Gasteiger partial charge in [0, 0.05) is 22.5 Å². The van der Waals surface area contributed by atoms with E-state index in [4.69, 9.17) is 11.6 Å². The Hall–Kier alpha value is -4.63. The number of Topliss-reactive ketones (excluding diaryl/α,β-unsaturated/α-hetero) is 1. The topological polar surface area (TPSA) is 149 Å². The lowest BCUT2D eigenvalue weighted by atomic mass is 10.1. The van der Waals surface area contributed by atoms with Crippen molar-refractivity contribution >= 4 is 17.4 Å². The Labute approximate surface area is 234 Å². The third kappa shape index (κ3) is 5.95. The quantitative estimate of drug-likeness (QED) is 0.250. The summed E-state index contributed by atoms with van der Waals surface area (Å²) in [6.45, 7) is 0.379. The van der Waals surface area contributed by atoms with E-state index in [0.717, 1.165) is 9.25 Å². The number of aromatic nitrogens is 9. The predicted octanol–water partition coefficient (Wildman–Crippen LogP) is 2.77. The molecule has 212 valence electrons. The summed E-state index contributed by atoms with van der Waals surface area (Å²) in [6.07, 6.45) is -3.44. The van der Waals surface area contributed by atoms with Crippen LogP contribution < -0.4 is 5.69 Å². The van der Waals surface area contributed by atoms with E-state index in [1.807, 2.05) is 0 Å². The highest BCUT2D eigenvalue weighted by molar-refractivity contribution is 6.30. The number of ketones is 1. The minimum Gasteiger partial charge on any atom is -0.382 e. The van der Waals surface area contributed by atoms with E-state index in [2.05, 4.69) is 30.4 Å². The largest absolute Gasteiger partial charge is 0.416 e. The molecule has 41 heavy (non-hydrogen) atoms. The Morgan fingerprint density at radius 1 is 1.15 bits per heavy atom. The van der Waals surface area contributed by atoms with E-state index in [0.29, 0.717) is 33.2 Å². The first-order chi connectivity index (χ1) is 19.5. The van der Waals surface area contributed by atoms with Crippen LogP contribution in [0.1, 0.15) is 27.6 Å². The smallest absolute Gasteiger partial charge is 0.382 e. The van der Waals surface area contributed by atoms with Crippen molar-refractivity contribution in [3.8, 4) is 17.1 Å². The van der Waals surface area contributed by atoms with Crippen LogP contribution in [0.15, 0.2) is 59.9 Å². The second-order valence-corrected chi connectivity index (χ2v) is 9.46. The molecule has 0 aliphatic heterocycles. The summed E-state index contributed by atoms with van der Waals surface area (Å²) >= 11 is 5.92. The number of hydrogen-bond acceptors (Lipinski definition) is 8. The van der Waals surface area contributed by atoms with Crippen molar-refractivity contribution in [2.75, 3.05) is 0 Å². The Morgan fingerprint density at radius 3 is 2.59 bits per heavy atom. The van der Waals surface area contributed by atoms with Crippen molar-refractivity contribution in [1.29, 1.82) is 0 Å². The number of nitrogens with one attached hydrogen (secondary N) is 1. The maximum atomic E-state index is 13.1. The van der Waals surface area contributed by atoms with Gasteiger partial charge in [0.1, 0.15) is 12.9 Å². The average Bonchev–Trinajstić information content (AvgIpc) is 3.65. The Morgan fingerprint density at radius 2 is 1.90 bits per heavy atom. The minimum absolute atomic E-state index is 0.0401.